The minimum Gasteiger partial charge on any atom is -0.340 e. The lowest BCUT2D eigenvalue weighted by Gasteiger charge is -2.34. The predicted octanol–water partition coefficient (Wildman–Crippen LogP) is -0.466. The van der Waals surface area contributed by atoms with Crippen molar-refractivity contribution in [1.29, 1.82) is 0 Å². The number of piperazine rings is 1. The lowest BCUT2D eigenvalue weighted by Crippen LogP contribution is -2.51. The summed E-state index contributed by atoms with van der Waals surface area (Å²) < 4.78 is 24.5. The standard InChI is InChI=1S/C16H22N4O4S/c1-25(23,24)20-8-6-18(7-9-20)16(22)14-10-15(21)19(12-14)11-13-2-4-17-5-3-13/h2-5,14H,6-12H2,1H3/t14-/m1/s1. The fraction of sp³-hybridized carbons (Fsp3) is 0.562. The number of carbonyl (C=O) groups is 2. The molecule has 0 saturated carbocycles. The van der Waals surface area contributed by atoms with Crippen LogP contribution in [0.5, 0.6) is 0 Å². The molecule has 3 heterocycles. The first kappa shape index (κ1) is 17.8. The summed E-state index contributed by atoms with van der Waals surface area (Å²) in [4.78, 5) is 32.2. The zero-order chi connectivity index (χ0) is 18.0. The molecule has 0 aromatic carbocycles. The van der Waals surface area contributed by atoms with E-state index in [0.29, 0.717) is 39.3 Å². The molecule has 3 rings (SSSR count). The molecule has 1 atom stereocenters. The van der Waals surface area contributed by atoms with Crippen molar-refractivity contribution in [3.8, 4) is 0 Å². The number of hydrogen-bond donors (Lipinski definition) is 0. The molecule has 0 bridgehead atoms. The summed E-state index contributed by atoms with van der Waals surface area (Å²) >= 11 is 0. The number of aromatic nitrogens is 1. The van der Waals surface area contributed by atoms with Gasteiger partial charge in [0, 0.05) is 58.1 Å². The van der Waals surface area contributed by atoms with Gasteiger partial charge in [-0.15, -0.1) is 0 Å². The van der Waals surface area contributed by atoms with E-state index in [0.717, 1.165) is 5.56 Å². The van der Waals surface area contributed by atoms with Crippen LogP contribution in [-0.2, 0) is 26.2 Å². The van der Waals surface area contributed by atoms with E-state index in [4.69, 9.17) is 0 Å². The van der Waals surface area contributed by atoms with Crippen molar-refractivity contribution in [2.45, 2.75) is 13.0 Å². The molecule has 2 amide bonds. The van der Waals surface area contributed by atoms with E-state index in [1.807, 2.05) is 12.1 Å². The molecule has 0 N–H and O–H groups in total. The second kappa shape index (κ2) is 7.09. The minimum absolute atomic E-state index is 0.0232. The van der Waals surface area contributed by atoms with Gasteiger partial charge in [0.1, 0.15) is 0 Å². The Morgan fingerprint density at radius 3 is 2.44 bits per heavy atom. The molecule has 0 spiro atoms. The Kier molecular flexibility index (Phi) is 5.05. The Bertz CT molecular complexity index is 745. The van der Waals surface area contributed by atoms with Crippen LogP contribution in [0.25, 0.3) is 0 Å². The molecule has 8 nitrogen and oxygen atoms in total. The van der Waals surface area contributed by atoms with Crippen molar-refractivity contribution in [2.75, 3.05) is 39.0 Å². The third-order valence-corrected chi connectivity index (χ3v) is 6.01. The fourth-order valence-corrected chi connectivity index (χ4v) is 4.12. The summed E-state index contributed by atoms with van der Waals surface area (Å²) in [6.07, 6.45) is 4.76. The van der Waals surface area contributed by atoms with E-state index in [2.05, 4.69) is 4.98 Å². The van der Waals surface area contributed by atoms with Crippen molar-refractivity contribution in [2.24, 2.45) is 5.92 Å². The van der Waals surface area contributed by atoms with Crippen LogP contribution in [0.4, 0.5) is 0 Å². The Hall–Kier alpha value is -2.00. The number of amides is 2. The highest BCUT2D eigenvalue weighted by Crippen LogP contribution is 2.23. The number of carbonyl (C=O) groups excluding carboxylic acids is 2. The molecular formula is C16H22N4O4S. The summed E-state index contributed by atoms with van der Waals surface area (Å²) in [5, 5.41) is 0. The van der Waals surface area contributed by atoms with Gasteiger partial charge >= 0.3 is 0 Å². The number of rotatable bonds is 4. The van der Waals surface area contributed by atoms with Gasteiger partial charge in [-0.2, -0.15) is 4.31 Å². The molecule has 136 valence electrons. The Morgan fingerprint density at radius 1 is 1.20 bits per heavy atom. The summed E-state index contributed by atoms with van der Waals surface area (Å²) in [7, 11) is -3.22. The van der Waals surface area contributed by atoms with Crippen LogP contribution in [0.15, 0.2) is 24.5 Å². The van der Waals surface area contributed by atoms with Crippen LogP contribution in [-0.4, -0.2) is 78.3 Å². The van der Waals surface area contributed by atoms with Gasteiger partial charge in [-0.3, -0.25) is 14.6 Å². The third-order valence-electron chi connectivity index (χ3n) is 4.71. The lowest BCUT2D eigenvalue weighted by atomic mass is 10.1. The average molecular weight is 366 g/mol. The van der Waals surface area contributed by atoms with Crippen LogP contribution in [0.1, 0.15) is 12.0 Å². The van der Waals surface area contributed by atoms with E-state index in [1.54, 1.807) is 22.2 Å². The van der Waals surface area contributed by atoms with Crippen molar-refractivity contribution in [3.05, 3.63) is 30.1 Å². The van der Waals surface area contributed by atoms with Gasteiger partial charge in [0.2, 0.25) is 21.8 Å². The molecule has 0 aliphatic carbocycles. The van der Waals surface area contributed by atoms with E-state index < -0.39 is 10.0 Å². The minimum atomic E-state index is -3.22. The second-order valence-electron chi connectivity index (χ2n) is 6.52. The molecule has 2 aliphatic heterocycles. The van der Waals surface area contributed by atoms with Crippen molar-refractivity contribution >= 4 is 21.8 Å². The van der Waals surface area contributed by atoms with E-state index >= 15 is 0 Å². The number of sulfonamides is 1. The van der Waals surface area contributed by atoms with Gasteiger partial charge in [0.05, 0.1) is 12.2 Å². The van der Waals surface area contributed by atoms with E-state index in [1.165, 1.54) is 10.6 Å². The number of likely N-dealkylation sites (tertiary alicyclic amines) is 1. The summed E-state index contributed by atoms with van der Waals surface area (Å²) in [5.74, 6) is -0.428. The number of nitrogens with zero attached hydrogens (tertiary/aromatic N) is 4. The zero-order valence-electron chi connectivity index (χ0n) is 14.2. The maximum absolute atomic E-state index is 12.7. The molecule has 0 unspecified atom stereocenters. The quantitative estimate of drug-likeness (QED) is 0.719. The molecule has 2 fully saturated rings. The second-order valence-corrected chi connectivity index (χ2v) is 8.50. The van der Waals surface area contributed by atoms with Gasteiger partial charge in [0.25, 0.3) is 0 Å². The van der Waals surface area contributed by atoms with Crippen molar-refractivity contribution in [3.63, 3.8) is 0 Å². The monoisotopic (exact) mass is 366 g/mol. The van der Waals surface area contributed by atoms with Crippen LogP contribution in [0, 0.1) is 5.92 Å². The molecule has 1 aromatic rings. The van der Waals surface area contributed by atoms with Crippen LogP contribution in [0.3, 0.4) is 0 Å². The summed E-state index contributed by atoms with van der Waals surface area (Å²) in [5.41, 5.74) is 0.984. The Labute approximate surface area is 147 Å². The Balaban J connectivity index is 1.56. The lowest BCUT2D eigenvalue weighted by molar-refractivity contribution is -0.137. The molecule has 2 aliphatic rings. The zero-order valence-corrected chi connectivity index (χ0v) is 15.0. The van der Waals surface area contributed by atoms with Gasteiger partial charge < -0.3 is 9.80 Å². The van der Waals surface area contributed by atoms with Gasteiger partial charge in [-0.25, -0.2) is 8.42 Å². The third kappa shape index (κ3) is 4.16. The van der Waals surface area contributed by atoms with Gasteiger partial charge in [0.15, 0.2) is 0 Å². The number of hydrogen-bond acceptors (Lipinski definition) is 5. The van der Waals surface area contributed by atoms with Crippen LogP contribution in [0.2, 0.25) is 0 Å². The van der Waals surface area contributed by atoms with Crippen molar-refractivity contribution in [1.82, 2.24) is 19.1 Å². The average Bonchev–Trinajstić information content (AvgIpc) is 2.95. The normalized spacial score (nSPS) is 22.4. The maximum Gasteiger partial charge on any atom is 0.228 e. The topological polar surface area (TPSA) is 90.9 Å². The van der Waals surface area contributed by atoms with Crippen LogP contribution < -0.4 is 0 Å². The first-order chi connectivity index (χ1) is 11.8. The summed E-state index contributed by atoms with van der Waals surface area (Å²) in [6, 6.07) is 3.71. The first-order valence-electron chi connectivity index (χ1n) is 8.25. The van der Waals surface area contributed by atoms with Gasteiger partial charge in [-0.1, -0.05) is 0 Å². The SMILES string of the molecule is CS(=O)(=O)N1CCN(C(=O)[C@@H]2CC(=O)N(Cc3ccncc3)C2)CC1. The number of pyridine rings is 1. The molecular weight excluding hydrogens is 344 g/mol. The molecule has 1 aromatic heterocycles. The predicted molar refractivity (Wildman–Crippen MR) is 90.8 cm³/mol. The maximum atomic E-state index is 12.7. The van der Waals surface area contributed by atoms with E-state index in [-0.39, 0.29) is 24.2 Å². The molecule has 25 heavy (non-hydrogen) atoms. The smallest absolute Gasteiger partial charge is 0.228 e. The fourth-order valence-electron chi connectivity index (χ4n) is 3.30. The highest BCUT2D eigenvalue weighted by Gasteiger charge is 2.37. The summed E-state index contributed by atoms with van der Waals surface area (Å²) in [6.45, 7) is 2.26. The van der Waals surface area contributed by atoms with Crippen molar-refractivity contribution < 1.29 is 18.0 Å². The molecule has 2 saturated heterocycles. The molecule has 9 heteroatoms. The first-order valence-corrected chi connectivity index (χ1v) is 10.1. The highest BCUT2D eigenvalue weighted by molar-refractivity contribution is 7.88. The largest absolute Gasteiger partial charge is 0.340 e. The van der Waals surface area contributed by atoms with E-state index in [9.17, 15) is 18.0 Å². The molecule has 0 radical (unpaired) electrons. The van der Waals surface area contributed by atoms with Gasteiger partial charge in [-0.05, 0) is 17.7 Å². The Morgan fingerprint density at radius 2 is 1.84 bits per heavy atom. The highest BCUT2D eigenvalue weighted by atomic mass is 32.2. The van der Waals surface area contributed by atoms with Crippen LogP contribution >= 0.6 is 0 Å².